The third-order valence-electron chi connectivity index (χ3n) is 4.34. The van der Waals surface area contributed by atoms with E-state index in [-0.39, 0.29) is 25.7 Å². The van der Waals surface area contributed by atoms with Crippen LogP contribution in [0.2, 0.25) is 0 Å². The van der Waals surface area contributed by atoms with E-state index >= 15 is 0 Å². The Morgan fingerprint density at radius 2 is 1.58 bits per heavy atom. The number of nitrogens with two attached hydrogens (primary N) is 1. The number of hydrogen-bond acceptors (Lipinski definition) is 11. The molecule has 38 heavy (non-hydrogen) atoms. The van der Waals surface area contributed by atoms with Crippen LogP contribution in [0.3, 0.4) is 0 Å². The highest BCUT2D eigenvalue weighted by Gasteiger charge is 2.10. The lowest BCUT2D eigenvalue weighted by molar-refractivity contribution is -0.143. The van der Waals surface area contributed by atoms with Gasteiger partial charge in [0.2, 0.25) is 0 Å². The molecule has 0 heterocycles. The third kappa shape index (κ3) is 18.3. The molecule has 1 rings (SSSR count). The fourth-order valence-electron chi connectivity index (χ4n) is 2.65. The zero-order valence-corrected chi connectivity index (χ0v) is 21.3. The summed E-state index contributed by atoms with van der Waals surface area (Å²) in [5, 5.41) is 14.8. The molecule has 4 N–H and O–H groups in total. The van der Waals surface area contributed by atoms with Gasteiger partial charge >= 0.3 is 5.97 Å². The van der Waals surface area contributed by atoms with Crippen LogP contribution in [0, 0.1) is 0 Å². The van der Waals surface area contributed by atoms with Gasteiger partial charge in [-0.25, -0.2) is 4.79 Å². The van der Waals surface area contributed by atoms with Gasteiger partial charge in [0.1, 0.15) is 19.0 Å². The third-order valence-corrected chi connectivity index (χ3v) is 4.34. The summed E-state index contributed by atoms with van der Waals surface area (Å²) in [6.45, 7) is 3.82. The Kier molecular flexibility index (Phi) is 20.1. The average Bonchev–Trinajstić information content (AvgIpc) is 2.91. The maximum atomic E-state index is 12.4. The number of hydrogen-bond donors (Lipinski definition) is 3. The second kappa shape index (κ2) is 23.1. The minimum atomic E-state index is -1.10. The number of carboxylic acid groups (broad SMARTS) is 1. The highest BCUT2D eigenvalue weighted by atomic mass is 16.6. The first-order valence-corrected chi connectivity index (χ1v) is 12.0. The predicted molar refractivity (Wildman–Crippen MR) is 134 cm³/mol. The largest absolute Gasteiger partial charge is 0.491 e. The van der Waals surface area contributed by atoms with Crippen LogP contribution in [0.15, 0.2) is 29.4 Å². The molecule has 1 unspecified atom stereocenters. The van der Waals surface area contributed by atoms with Crippen molar-refractivity contribution in [2.24, 2.45) is 10.8 Å². The second-order valence-electron chi connectivity index (χ2n) is 7.31. The van der Waals surface area contributed by atoms with Gasteiger partial charge in [0.15, 0.2) is 6.23 Å². The van der Waals surface area contributed by atoms with Crippen molar-refractivity contribution >= 4 is 11.9 Å². The number of benzene rings is 1. The zero-order valence-electron chi connectivity index (χ0n) is 21.3. The van der Waals surface area contributed by atoms with Crippen molar-refractivity contribution < 1.29 is 47.9 Å². The first-order chi connectivity index (χ1) is 18.6. The van der Waals surface area contributed by atoms with Crippen LogP contribution in [0.25, 0.3) is 10.4 Å². The standard InChI is InChI=1S/C23H37N5O10/c24-4-6-32-8-10-34-12-13-35-11-9-33-7-5-26-23(31)19-2-1-3-20(16-19)38-17-21(27-28-25)37-15-14-36-18-22(29)30/h1-3,16,21H,4-15,17-18,24H2,(H,26,31)(H,29,30). The molecular formula is C23H37N5O10. The van der Waals surface area contributed by atoms with Crippen LogP contribution in [-0.4, -0.2) is 116 Å². The van der Waals surface area contributed by atoms with Crippen molar-refractivity contribution in [1.29, 1.82) is 0 Å². The number of carbonyl (C=O) groups is 2. The van der Waals surface area contributed by atoms with Crippen LogP contribution in [-0.2, 0) is 33.2 Å². The maximum absolute atomic E-state index is 12.4. The number of aliphatic carboxylic acids is 1. The van der Waals surface area contributed by atoms with Gasteiger partial charge < -0.3 is 49.3 Å². The smallest absolute Gasteiger partial charge is 0.329 e. The molecule has 0 saturated carbocycles. The highest BCUT2D eigenvalue weighted by Crippen LogP contribution is 2.14. The molecule has 0 saturated heterocycles. The number of rotatable bonds is 25. The molecule has 214 valence electrons. The highest BCUT2D eigenvalue weighted by molar-refractivity contribution is 5.94. The Labute approximate surface area is 221 Å². The lowest BCUT2D eigenvalue weighted by Gasteiger charge is -2.14. The first kappa shape index (κ1) is 33.0. The number of carbonyl (C=O) groups excluding carboxylic acids is 1. The summed E-state index contributed by atoms with van der Waals surface area (Å²) in [7, 11) is 0. The van der Waals surface area contributed by atoms with Crippen LogP contribution in [0.5, 0.6) is 5.75 Å². The fourth-order valence-corrected chi connectivity index (χ4v) is 2.65. The number of amides is 1. The maximum Gasteiger partial charge on any atom is 0.329 e. The molecule has 1 atom stereocenters. The molecule has 0 radical (unpaired) electrons. The average molecular weight is 544 g/mol. The molecule has 15 nitrogen and oxygen atoms in total. The molecule has 0 spiro atoms. The van der Waals surface area contributed by atoms with E-state index in [9.17, 15) is 9.59 Å². The molecule has 0 bridgehead atoms. The van der Waals surface area contributed by atoms with E-state index in [0.717, 1.165) is 0 Å². The number of nitrogens with zero attached hydrogens (tertiary/aromatic N) is 3. The normalized spacial score (nSPS) is 11.5. The van der Waals surface area contributed by atoms with E-state index in [0.29, 0.717) is 77.3 Å². The Morgan fingerprint density at radius 1 is 0.947 bits per heavy atom. The Bertz CT molecular complexity index is 826. The van der Waals surface area contributed by atoms with E-state index in [1.165, 1.54) is 0 Å². The van der Waals surface area contributed by atoms with E-state index < -0.39 is 18.8 Å². The zero-order chi connectivity index (χ0) is 27.7. The van der Waals surface area contributed by atoms with E-state index in [1.807, 2.05) is 0 Å². The Morgan fingerprint density at radius 3 is 2.21 bits per heavy atom. The van der Waals surface area contributed by atoms with Gasteiger partial charge in [-0.3, -0.25) is 4.79 Å². The first-order valence-electron chi connectivity index (χ1n) is 12.0. The summed E-state index contributed by atoms with van der Waals surface area (Å²) in [5.74, 6) is -1.02. The van der Waals surface area contributed by atoms with Gasteiger partial charge in [0, 0.05) is 23.6 Å². The van der Waals surface area contributed by atoms with Crippen molar-refractivity contribution in [3.05, 3.63) is 40.3 Å². The number of nitrogens with one attached hydrogen (secondary N) is 1. The predicted octanol–water partition coefficient (Wildman–Crippen LogP) is 0.575. The SMILES string of the molecule is [N-]=[N+]=NC(COc1cccc(C(=O)NCCOCCOCCOCCOCCN)c1)OCCOCC(=O)O. The van der Waals surface area contributed by atoms with Crippen LogP contribution >= 0.6 is 0 Å². The van der Waals surface area contributed by atoms with Crippen LogP contribution < -0.4 is 15.8 Å². The van der Waals surface area contributed by atoms with Gasteiger partial charge in [0.25, 0.3) is 5.91 Å². The monoisotopic (exact) mass is 543 g/mol. The quantitative estimate of drug-likeness (QED) is 0.0672. The van der Waals surface area contributed by atoms with Crippen molar-refractivity contribution in [3.8, 4) is 5.75 Å². The number of ether oxygens (including phenoxy) is 7. The second-order valence-corrected chi connectivity index (χ2v) is 7.31. The Balaban J connectivity index is 2.17. The van der Waals surface area contributed by atoms with Crippen molar-refractivity contribution in [1.82, 2.24) is 5.32 Å². The minimum Gasteiger partial charge on any atom is -0.491 e. The van der Waals surface area contributed by atoms with E-state index in [2.05, 4.69) is 15.3 Å². The van der Waals surface area contributed by atoms with Gasteiger partial charge in [-0.15, -0.1) is 0 Å². The molecule has 0 aromatic heterocycles. The molecule has 1 aromatic rings. The molecule has 15 heteroatoms. The van der Waals surface area contributed by atoms with Gasteiger partial charge in [0.05, 0.1) is 66.1 Å². The molecular weight excluding hydrogens is 506 g/mol. The number of carboxylic acids is 1. The summed E-state index contributed by atoms with van der Waals surface area (Å²) >= 11 is 0. The lowest BCUT2D eigenvalue weighted by Crippen LogP contribution is -2.27. The van der Waals surface area contributed by atoms with Crippen molar-refractivity contribution in [2.75, 3.05) is 92.4 Å². The number of azide groups is 1. The van der Waals surface area contributed by atoms with Crippen LogP contribution in [0.1, 0.15) is 10.4 Å². The molecule has 0 aliphatic rings. The van der Waals surface area contributed by atoms with Gasteiger partial charge in [-0.1, -0.05) is 11.2 Å². The topological polar surface area (TPSA) is 206 Å². The molecule has 0 aliphatic heterocycles. The van der Waals surface area contributed by atoms with E-state index in [1.54, 1.807) is 24.3 Å². The molecule has 1 amide bonds. The van der Waals surface area contributed by atoms with Gasteiger partial charge in [-0.05, 0) is 23.7 Å². The lowest BCUT2D eigenvalue weighted by atomic mass is 10.2. The summed E-state index contributed by atoms with van der Waals surface area (Å²) < 4.78 is 37.1. The molecule has 0 fully saturated rings. The summed E-state index contributed by atoms with van der Waals surface area (Å²) in [6, 6.07) is 6.46. The molecule has 0 aliphatic carbocycles. The van der Waals surface area contributed by atoms with Crippen molar-refractivity contribution in [2.45, 2.75) is 6.23 Å². The molecule has 1 aromatic carbocycles. The fraction of sp³-hybridized carbons (Fsp3) is 0.652. The summed E-state index contributed by atoms with van der Waals surface area (Å²) in [5.41, 5.74) is 14.4. The van der Waals surface area contributed by atoms with Crippen LogP contribution in [0.4, 0.5) is 0 Å². The minimum absolute atomic E-state index is 0.0111. The Hall–Kier alpha value is -3.01. The van der Waals surface area contributed by atoms with Gasteiger partial charge in [-0.2, -0.15) is 0 Å². The summed E-state index contributed by atoms with van der Waals surface area (Å²) in [4.78, 5) is 25.5. The van der Waals surface area contributed by atoms with E-state index in [4.69, 9.17) is 49.5 Å². The summed E-state index contributed by atoms with van der Waals surface area (Å²) in [6.07, 6.45) is -0.958. The van der Waals surface area contributed by atoms with Crippen molar-refractivity contribution in [3.63, 3.8) is 0 Å².